The Morgan fingerprint density at radius 2 is 1.74 bits per heavy atom. The molecule has 34 heavy (non-hydrogen) atoms. The van der Waals surface area contributed by atoms with Crippen molar-refractivity contribution in [2.75, 3.05) is 11.5 Å². The van der Waals surface area contributed by atoms with Gasteiger partial charge in [-0.2, -0.15) is 0 Å². The van der Waals surface area contributed by atoms with Crippen molar-refractivity contribution in [2.24, 2.45) is 0 Å². The first-order chi connectivity index (χ1) is 16.4. The lowest BCUT2D eigenvalue weighted by atomic mass is 9.95. The molecule has 1 fully saturated rings. The van der Waals surface area contributed by atoms with Gasteiger partial charge in [-0.1, -0.05) is 25.1 Å². The summed E-state index contributed by atoms with van der Waals surface area (Å²) in [6.07, 6.45) is 3.59. The Morgan fingerprint density at radius 3 is 2.41 bits per heavy atom. The van der Waals surface area contributed by atoms with Crippen molar-refractivity contribution < 1.29 is 29.3 Å². The number of phenols is 1. The van der Waals surface area contributed by atoms with E-state index in [2.05, 4.69) is 4.98 Å². The number of hydrogen-bond acceptors (Lipinski definition) is 7. The van der Waals surface area contributed by atoms with E-state index in [0.29, 0.717) is 23.2 Å². The molecular formula is C26H22N2O6. The number of aliphatic hydroxyl groups is 1. The molecule has 0 saturated carbocycles. The van der Waals surface area contributed by atoms with Crippen LogP contribution in [0.2, 0.25) is 0 Å². The van der Waals surface area contributed by atoms with Crippen LogP contribution in [0.3, 0.4) is 0 Å². The SMILES string of the molecule is CCCOC(=O)c1cccc(N2C(=O)C(=O)/C(=C(/O)c3ccncc3)C2c2ccc(O)cc2)c1. The summed E-state index contributed by atoms with van der Waals surface area (Å²) in [5.74, 6) is -2.60. The van der Waals surface area contributed by atoms with Crippen LogP contribution < -0.4 is 4.90 Å². The molecule has 1 aliphatic heterocycles. The Balaban J connectivity index is 1.87. The number of ether oxygens (including phenoxy) is 1. The third-order valence-corrected chi connectivity index (χ3v) is 5.40. The zero-order chi connectivity index (χ0) is 24.2. The second-order valence-corrected chi connectivity index (χ2v) is 7.68. The molecular weight excluding hydrogens is 436 g/mol. The number of aliphatic hydroxyl groups excluding tert-OH is 1. The lowest BCUT2D eigenvalue weighted by molar-refractivity contribution is -0.132. The van der Waals surface area contributed by atoms with Gasteiger partial charge < -0.3 is 14.9 Å². The topological polar surface area (TPSA) is 117 Å². The summed E-state index contributed by atoms with van der Waals surface area (Å²) in [5.41, 5.74) is 1.23. The highest BCUT2D eigenvalue weighted by atomic mass is 16.5. The van der Waals surface area contributed by atoms with Gasteiger partial charge in [-0.05, 0) is 54.4 Å². The standard InChI is InChI=1S/C26H22N2O6/c1-2-14-34-26(33)18-4-3-5-19(15-18)28-22(16-6-8-20(29)9-7-16)21(24(31)25(28)32)23(30)17-10-12-27-13-11-17/h3-13,15,22,29-30H,2,14H2,1H3/b23-21+. The number of carbonyl (C=O) groups is 3. The summed E-state index contributed by atoms with van der Waals surface area (Å²) in [7, 11) is 0. The second kappa shape index (κ2) is 9.58. The van der Waals surface area contributed by atoms with Crippen LogP contribution in [-0.2, 0) is 14.3 Å². The molecule has 1 saturated heterocycles. The number of amides is 1. The molecule has 1 aliphatic rings. The van der Waals surface area contributed by atoms with Gasteiger partial charge in [0.05, 0.1) is 23.8 Å². The lowest BCUT2D eigenvalue weighted by Crippen LogP contribution is -2.29. The highest BCUT2D eigenvalue weighted by Gasteiger charge is 2.47. The van der Waals surface area contributed by atoms with Gasteiger partial charge in [0.15, 0.2) is 0 Å². The number of benzene rings is 2. The van der Waals surface area contributed by atoms with E-state index in [9.17, 15) is 24.6 Å². The van der Waals surface area contributed by atoms with E-state index in [-0.39, 0.29) is 29.3 Å². The molecule has 0 spiro atoms. The number of aromatic hydroxyl groups is 1. The first-order valence-corrected chi connectivity index (χ1v) is 10.7. The zero-order valence-electron chi connectivity index (χ0n) is 18.3. The molecule has 1 unspecified atom stereocenters. The molecule has 172 valence electrons. The molecule has 8 heteroatoms. The number of rotatable bonds is 6. The lowest BCUT2D eigenvalue weighted by Gasteiger charge is -2.25. The minimum atomic E-state index is -0.990. The quantitative estimate of drug-likeness (QED) is 0.248. The highest BCUT2D eigenvalue weighted by molar-refractivity contribution is 6.51. The number of nitrogens with zero attached hydrogens (tertiary/aromatic N) is 2. The predicted molar refractivity (Wildman–Crippen MR) is 124 cm³/mol. The van der Waals surface area contributed by atoms with Crippen LogP contribution in [0, 0.1) is 0 Å². The van der Waals surface area contributed by atoms with E-state index in [4.69, 9.17) is 4.74 Å². The molecule has 2 aromatic carbocycles. The van der Waals surface area contributed by atoms with Crippen LogP contribution in [0.15, 0.2) is 78.6 Å². The summed E-state index contributed by atoms with van der Waals surface area (Å²) in [4.78, 5) is 43.9. The molecule has 1 aromatic heterocycles. The average molecular weight is 458 g/mol. The Labute approximate surface area is 195 Å². The zero-order valence-corrected chi connectivity index (χ0v) is 18.3. The fourth-order valence-electron chi connectivity index (χ4n) is 3.80. The molecule has 0 radical (unpaired) electrons. The van der Waals surface area contributed by atoms with Crippen molar-refractivity contribution in [3.63, 3.8) is 0 Å². The van der Waals surface area contributed by atoms with Crippen LogP contribution in [-0.4, -0.2) is 39.5 Å². The molecule has 8 nitrogen and oxygen atoms in total. The van der Waals surface area contributed by atoms with Crippen LogP contribution in [0.4, 0.5) is 5.69 Å². The summed E-state index contributed by atoms with van der Waals surface area (Å²) >= 11 is 0. The Morgan fingerprint density at radius 1 is 1.03 bits per heavy atom. The fourth-order valence-corrected chi connectivity index (χ4v) is 3.80. The normalized spacial score (nSPS) is 17.1. The van der Waals surface area contributed by atoms with Crippen LogP contribution >= 0.6 is 0 Å². The van der Waals surface area contributed by atoms with Gasteiger partial charge in [0.25, 0.3) is 11.7 Å². The third kappa shape index (κ3) is 4.25. The summed E-state index contributed by atoms with van der Waals surface area (Å²) in [6, 6.07) is 14.3. The number of esters is 1. The number of ketones is 1. The molecule has 2 N–H and O–H groups in total. The van der Waals surface area contributed by atoms with E-state index < -0.39 is 23.7 Å². The Kier molecular flexibility index (Phi) is 6.40. The monoisotopic (exact) mass is 458 g/mol. The summed E-state index contributed by atoms with van der Waals surface area (Å²) in [6.45, 7) is 2.14. The van der Waals surface area contributed by atoms with Crippen molar-refractivity contribution in [1.29, 1.82) is 0 Å². The molecule has 3 aromatic rings. The average Bonchev–Trinajstić information content (AvgIpc) is 3.13. The van der Waals surface area contributed by atoms with Gasteiger partial charge in [0.2, 0.25) is 0 Å². The van der Waals surface area contributed by atoms with Crippen LogP contribution in [0.25, 0.3) is 5.76 Å². The van der Waals surface area contributed by atoms with Gasteiger partial charge in [-0.15, -0.1) is 0 Å². The van der Waals surface area contributed by atoms with Crippen molar-refractivity contribution in [2.45, 2.75) is 19.4 Å². The van der Waals surface area contributed by atoms with Crippen molar-refractivity contribution >= 4 is 29.1 Å². The maximum Gasteiger partial charge on any atom is 0.338 e. The Bertz CT molecular complexity index is 1270. The molecule has 1 amide bonds. The number of Topliss-reactive ketones (excluding diaryl/α,β-unsaturated/α-hetero) is 1. The van der Waals surface area contributed by atoms with Gasteiger partial charge in [0.1, 0.15) is 11.5 Å². The highest BCUT2D eigenvalue weighted by Crippen LogP contribution is 2.42. The number of phenolic OH excluding ortho intramolecular Hbond substituents is 1. The first-order valence-electron chi connectivity index (χ1n) is 10.7. The number of hydrogen-bond donors (Lipinski definition) is 2. The van der Waals surface area contributed by atoms with E-state index in [1.54, 1.807) is 30.3 Å². The minimum Gasteiger partial charge on any atom is -0.508 e. The van der Waals surface area contributed by atoms with Gasteiger partial charge in [-0.3, -0.25) is 19.5 Å². The van der Waals surface area contributed by atoms with Crippen LogP contribution in [0.1, 0.15) is 40.9 Å². The Hall–Kier alpha value is -4.46. The number of carbonyl (C=O) groups excluding carboxylic acids is 3. The van der Waals surface area contributed by atoms with Crippen molar-refractivity contribution in [3.8, 4) is 5.75 Å². The smallest absolute Gasteiger partial charge is 0.338 e. The maximum absolute atomic E-state index is 13.2. The predicted octanol–water partition coefficient (Wildman–Crippen LogP) is 3.98. The van der Waals surface area contributed by atoms with Crippen molar-refractivity contribution in [3.05, 3.63) is 95.3 Å². The van der Waals surface area contributed by atoms with Gasteiger partial charge in [-0.25, -0.2) is 4.79 Å². The molecule has 4 rings (SSSR count). The van der Waals surface area contributed by atoms with E-state index in [1.807, 2.05) is 6.92 Å². The minimum absolute atomic E-state index is 0.00972. The molecule has 2 heterocycles. The van der Waals surface area contributed by atoms with Gasteiger partial charge in [0, 0.05) is 23.6 Å². The van der Waals surface area contributed by atoms with Crippen molar-refractivity contribution in [1.82, 2.24) is 4.98 Å². The first kappa shape index (κ1) is 22.7. The van der Waals surface area contributed by atoms with Gasteiger partial charge >= 0.3 is 5.97 Å². The number of pyridine rings is 1. The molecule has 1 atom stereocenters. The number of aromatic nitrogens is 1. The largest absolute Gasteiger partial charge is 0.508 e. The molecule has 0 bridgehead atoms. The van der Waals surface area contributed by atoms with E-state index in [0.717, 1.165) is 0 Å². The maximum atomic E-state index is 13.2. The van der Waals surface area contributed by atoms with Crippen LogP contribution in [0.5, 0.6) is 5.75 Å². The second-order valence-electron chi connectivity index (χ2n) is 7.68. The third-order valence-electron chi connectivity index (χ3n) is 5.40. The molecule has 0 aliphatic carbocycles. The van der Waals surface area contributed by atoms with E-state index in [1.165, 1.54) is 47.6 Å². The van der Waals surface area contributed by atoms with E-state index >= 15 is 0 Å². The summed E-state index contributed by atoms with van der Waals surface area (Å²) in [5, 5.41) is 20.8. The number of anilines is 1. The fraction of sp³-hybridized carbons (Fsp3) is 0.154. The summed E-state index contributed by atoms with van der Waals surface area (Å²) < 4.78 is 5.19.